The van der Waals surface area contributed by atoms with Crippen LogP contribution in [0.2, 0.25) is 0 Å². The van der Waals surface area contributed by atoms with Crippen molar-refractivity contribution in [2.75, 3.05) is 19.8 Å². The monoisotopic (exact) mass is 303 g/mol. The van der Waals surface area contributed by atoms with Crippen LogP contribution >= 0.6 is 0 Å². The van der Waals surface area contributed by atoms with E-state index >= 15 is 0 Å². The molecule has 1 aromatic heterocycles. The summed E-state index contributed by atoms with van der Waals surface area (Å²) in [6, 6.07) is 1.03. The van der Waals surface area contributed by atoms with Crippen LogP contribution in [0.1, 0.15) is 29.2 Å². The Morgan fingerprint density at radius 3 is 2.85 bits per heavy atom. The molecule has 1 aliphatic rings. The number of carbonyl (C=O) groups is 1. The molecule has 0 bridgehead atoms. The number of carboxylic acids is 1. The molecule has 0 aromatic carbocycles. The maximum atomic E-state index is 12.1. The number of furan rings is 1. The average Bonchev–Trinajstić information content (AvgIpc) is 2.81. The fourth-order valence-electron chi connectivity index (χ4n) is 2.11. The van der Waals surface area contributed by atoms with E-state index in [0.717, 1.165) is 18.9 Å². The number of hydrogen-bond acceptors (Lipinski definition) is 5. The Kier molecular flexibility index (Phi) is 4.46. The summed E-state index contributed by atoms with van der Waals surface area (Å²) in [5, 5.41) is 8.80. The molecule has 2 heterocycles. The smallest absolute Gasteiger partial charge is 0.371 e. The molecule has 1 aliphatic heterocycles. The first-order valence-electron chi connectivity index (χ1n) is 6.31. The zero-order valence-electron chi connectivity index (χ0n) is 11.1. The molecule has 0 saturated carbocycles. The molecular weight excluding hydrogens is 286 g/mol. The lowest BCUT2D eigenvalue weighted by atomic mass is 10.0. The highest BCUT2D eigenvalue weighted by Gasteiger charge is 2.25. The molecule has 0 aliphatic carbocycles. The van der Waals surface area contributed by atoms with E-state index in [0.29, 0.717) is 13.2 Å². The maximum Gasteiger partial charge on any atom is 0.371 e. The summed E-state index contributed by atoms with van der Waals surface area (Å²) in [6.07, 6.45) is 1.83. The highest BCUT2D eigenvalue weighted by Crippen LogP contribution is 2.20. The molecule has 1 saturated heterocycles. The summed E-state index contributed by atoms with van der Waals surface area (Å²) in [5.74, 6) is -1.47. The number of carboxylic acid groups (broad SMARTS) is 1. The minimum absolute atomic E-state index is 0.0646. The largest absolute Gasteiger partial charge is 0.475 e. The van der Waals surface area contributed by atoms with Gasteiger partial charge in [0, 0.05) is 19.2 Å². The molecule has 2 N–H and O–H groups in total. The first-order valence-corrected chi connectivity index (χ1v) is 7.79. The third-order valence-corrected chi connectivity index (χ3v) is 4.72. The van der Waals surface area contributed by atoms with Crippen LogP contribution in [-0.4, -0.2) is 39.3 Å². The van der Waals surface area contributed by atoms with E-state index in [1.54, 1.807) is 0 Å². The normalized spacial score (nSPS) is 19.9. The van der Waals surface area contributed by atoms with Gasteiger partial charge in [0.2, 0.25) is 15.8 Å². The predicted molar refractivity (Wildman–Crippen MR) is 69.1 cm³/mol. The van der Waals surface area contributed by atoms with Crippen molar-refractivity contribution in [3.8, 4) is 0 Å². The molecule has 0 amide bonds. The van der Waals surface area contributed by atoms with E-state index in [9.17, 15) is 13.2 Å². The topological polar surface area (TPSA) is 106 Å². The second-order valence-electron chi connectivity index (χ2n) is 4.77. The lowest BCUT2D eigenvalue weighted by Gasteiger charge is -2.22. The minimum atomic E-state index is -3.77. The molecule has 20 heavy (non-hydrogen) atoms. The third kappa shape index (κ3) is 3.38. The van der Waals surface area contributed by atoms with Gasteiger partial charge >= 0.3 is 5.97 Å². The van der Waals surface area contributed by atoms with E-state index in [4.69, 9.17) is 14.3 Å². The Hall–Kier alpha value is -1.38. The number of sulfonamides is 1. The minimum Gasteiger partial charge on any atom is -0.475 e. The first-order chi connectivity index (χ1) is 9.40. The predicted octanol–water partition coefficient (Wildman–Crippen LogP) is 0.991. The van der Waals surface area contributed by atoms with Gasteiger partial charge < -0.3 is 14.3 Å². The van der Waals surface area contributed by atoms with Crippen LogP contribution in [0.15, 0.2) is 15.4 Å². The van der Waals surface area contributed by atoms with Gasteiger partial charge in [-0.3, -0.25) is 0 Å². The first kappa shape index (κ1) is 15.0. The van der Waals surface area contributed by atoms with Crippen LogP contribution in [0.5, 0.6) is 0 Å². The van der Waals surface area contributed by atoms with Gasteiger partial charge in [-0.1, -0.05) is 0 Å². The van der Waals surface area contributed by atoms with Crippen LogP contribution in [-0.2, 0) is 14.8 Å². The van der Waals surface area contributed by atoms with Crippen LogP contribution in [0.3, 0.4) is 0 Å². The Morgan fingerprint density at radius 2 is 2.30 bits per heavy atom. The molecule has 2 rings (SSSR count). The van der Waals surface area contributed by atoms with Gasteiger partial charge in [-0.25, -0.2) is 17.9 Å². The van der Waals surface area contributed by atoms with Crippen LogP contribution in [0.4, 0.5) is 0 Å². The molecule has 0 radical (unpaired) electrons. The van der Waals surface area contributed by atoms with Gasteiger partial charge in [0.1, 0.15) is 10.7 Å². The summed E-state index contributed by atoms with van der Waals surface area (Å²) < 4.78 is 36.9. The summed E-state index contributed by atoms with van der Waals surface area (Å²) in [7, 11) is -3.77. The van der Waals surface area contributed by atoms with Gasteiger partial charge in [0.15, 0.2) is 0 Å². The fourth-order valence-corrected chi connectivity index (χ4v) is 3.40. The fraction of sp³-hybridized carbons (Fsp3) is 0.583. The number of nitrogens with one attached hydrogen (secondary N) is 1. The number of aromatic carboxylic acids is 1. The van der Waals surface area contributed by atoms with Gasteiger partial charge in [0.25, 0.3) is 0 Å². The maximum absolute atomic E-state index is 12.1. The average molecular weight is 303 g/mol. The van der Waals surface area contributed by atoms with Crippen molar-refractivity contribution in [2.24, 2.45) is 5.92 Å². The molecule has 112 valence electrons. The Morgan fingerprint density at radius 1 is 1.55 bits per heavy atom. The summed E-state index contributed by atoms with van der Waals surface area (Å²) in [6.45, 7) is 2.94. The second kappa shape index (κ2) is 5.94. The van der Waals surface area contributed by atoms with E-state index in [1.807, 2.05) is 0 Å². The van der Waals surface area contributed by atoms with Gasteiger partial charge in [-0.15, -0.1) is 0 Å². The van der Waals surface area contributed by atoms with Crippen molar-refractivity contribution in [1.29, 1.82) is 0 Å². The third-order valence-electron chi connectivity index (χ3n) is 3.19. The lowest BCUT2D eigenvalue weighted by Crippen LogP contribution is -2.33. The molecule has 0 spiro atoms. The molecule has 8 heteroatoms. The Bertz CT molecular complexity index is 585. The molecule has 1 fully saturated rings. The zero-order valence-corrected chi connectivity index (χ0v) is 11.9. The Labute approximate surface area is 117 Å². The Balaban J connectivity index is 2.07. The molecule has 1 atom stereocenters. The quantitative estimate of drug-likeness (QED) is 0.840. The van der Waals surface area contributed by atoms with Crippen LogP contribution in [0.25, 0.3) is 0 Å². The summed E-state index contributed by atoms with van der Waals surface area (Å²) in [4.78, 5) is 10.6. The number of ether oxygens (including phenoxy) is 1. The summed E-state index contributed by atoms with van der Waals surface area (Å²) >= 11 is 0. The SMILES string of the molecule is Cc1oc(C(=O)O)cc1S(=O)(=O)NCC1CCCOC1. The lowest BCUT2D eigenvalue weighted by molar-refractivity contribution is 0.0568. The van der Waals surface area contributed by atoms with E-state index in [-0.39, 0.29) is 28.9 Å². The highest BCUT2D eigenvalue weighted by molar-refractivity contribution is 7.89. The molecule has 1 aromatic rings. The number of hydrogen-bond donors (Lipinski definition) is 2. The highest BCUT2D eigenvalue weighted by atomic mass is 32.2. The van der Waals surface area contributed by atoms with Gasteiger partial charge in [0.05, 0.1) is 6.61 Å². The van der Waals surface area contributed by atoms with E-state index in [2.05, 4.69) is 4.72 Å². The molecular formula is C12H17NO6S. The van der Waals surface area contributed by atoms with Gasteiger partial charge in [-0.2, -0.15) is 0 Å². The van der Waals surface area contributed by atoms with Crippen LogP contribution in [0, 0.1) is 12.8 Å². The van der Waals surface area contributed by atoms with Crippen molar-refractivity contribution < 1.29 is 27.5 Å². The van der Waals surface area contributed by atoms with Crippen molar-refractivity contribution in [1.82, 2.24) is 4.72 Å². The number of aryl methyl sites for hydroxylation is 1. The van der Waals surface area contributed by atoms with Crippen molar-refractivity contribution in [3.05, 3.63) is 17.6 Å². The zero-order chi connectivity index (χ0) is 14.8. The standard InChI is InChI=1S/C12H17NO6S/c1-8-11(5-10(19-8)12(14)15)20(16,17)13-6-9-3-2-4-18-7-9/h5,9,13H,2-4,6-7H2,1H3,(H,14,15). The second-order valence-corrected chi connectivity index (χ2v) is 6.51. The van der Waals surface area contributed by atoms with E-state index in [1.165, 1.54) is 6.92 Å². The van der Waals surface area contributed by atoms with Crippen LogP contribution < -0.4 is 4.72 Å². The van der Waals surface area contributed by atoms with E-state index < -0.39 is 16.0 Å². The number of rotatable bonds is 5. The summed E-state index contributed by atoms with van der Waals surface area (Å²) in [5.41, 5.74) is 0. The van der Waals surface area contributed by atoms with Crippen molar-refractivity contribution in [3.63, 3.8) is 0 Å². The van der Waals surface area contributed by atoms with Crippen molar-refractivity contribution in [2.45, 2.75) is 24.7 Å². The molecule has 7 nitrogen and oxygen atoms in total. The van der Waals surface area contributed by atoms with Crippen molar-refractivity contribution >= 4 is 16.0 Å². The van der Waals surface area contributed by atoms with Gasteiger partial charge in [-0.05, 0) is 25.7 Å². The molecule has 1 unspecified atom stereocenters.